The largest absolute Gasteiger partial charge is 0.459 e. The van der Waals surface area contributed by atoms with E-state index in [1.54, 1.807) is 17.0 Å². The Hall–Kier alpha value is -3.42. The quantitative estimate of drug-likeness (QED) is 0.627. The summed E-state index contributed by atoms with van der Waals surface area (Å²) in [4.78, 5) is 26.4. The Morgan fingerprint density at radius 1 is 1.14 bits per heavy atom. The van der Waals surface area contributed by atoms with Crippen LogP contribution in [0.5, 0.6) is 0 Å². The number of rotatable bonds is 5. The van der Waals surface area contributed by atoms with Gasteiger partial charge in [-0.25, -0.2) is 0 Å². The lowest BCUT2D eigenvalue weighted by molar-refractivity contribution is -0.152. The fourth-order valence-electron chi connectivity index (χ4n) is 3.17. The second-order valence-corrected chi connectivity index (χ2v) is 6.54. The van der Waals surface area contributed by atoms with Crippen LogP contribution >= 0.6 is 0 Å². The minimum absolute atomic E-state index is 0.0959. The first-order valence-electron chi connectivity index (χ1n) is 9.08. The molecule has 0 radical (unpaired) electrons. The zero-order valence-corrected chi connectivity index (χ0v) is 15.1. The van der Waals surface area contributed by atoms with E-state index < -0.39 is 0 Å². The van der Waals surface area contributed by atoms with Crippen molar-refractivity contribution in [3.8, 4) is 11.5 Å². The van der Waals surface area contributed by atoms with E-state index in [1.807, 2.05) is 30.3 Å². The Bertz CT molecular complexity index is 936. The number of nitrogens with zero attached hydrogens (tertiary/aromatic N) is 3. The molecule has 28 heavy (non-hydrogen) atoms. The Labute approximate surface area is 161 Å². The molecule has 0 N–H and O–H groups in total. The van der Waals surface area contributed by atoms with Crippen LogP contribution in [0.15, 0.2) is 57.6 Å². The van der Waals surface area contributed by atoms with E-state index in [-0.39, 0.29) is 36.1 Å². The van der Waals surface area contributed by atoms with Crippen LogP contribution in [0.3, 0.4) is 0 Å². The SMILES string of the molecule is O=C(OCc1nnc(-c2ccccc2)o1)[C@H]1CCCN(C(=O)c2ccco2)C1. The molecule has 1 atom stereocenters. The third-order valence-electron chi connectivity index (χ3n) is 4.60. The number of hydrogen-bond acceptors (Lipinski definition) is 7. The first-order valence-corrected chi connectivity index (χ1v) is 9.08. The number of amides is 1. The van der Waals surface area contributed by atoms with Crippen LogP contribution in [0.2, 0.25) is 0 Å². The van der Waals surface area contributed by atoms with Crippen molar-refractivity contribution in [2.45, 2.75) is 19.4 Å². The fourth-order valence-corrected chi connectivity index (χ4v) is 3.17. The lowest BCUT2D eigenvalue weighted by Gasteiger charge is -2.30. The van der Waals surface area contributed by atoms with Crippen molar-refractivity contribution in [3.05, 3.63) is 60.4 Å². The Morgan fingerprint density at radius 2 is 2.00 bits per heavy atom. The summed E-state index contributed by atoms with van der Waals surface area (Å²) < 4.78 is 16.0. The molecule has 1 saturated heterocycles. The standard InChI is InChI=1S/C20H19N3O5/c24-19(16-9-5-11-26-16)23-10-4-8-15(12-23)20(25)27-13-17-21-22-18(28-17)14-6-2-1-3-7-14/h1-3,5-7,9,11,15H,4,8,10,12-13H2/t15-/m0/s1. The van der Waals surface area contributed by atoms with Crippen molar-refractivity contribution < 1.29 is 23.2 Å². The van der Waals surface area contributed by atoms with Gasteiger partial charge in [-0.2, -0.15) is 0 Å². The summed E-state index contributed by atoms with van der Waals surface area (Å²) in [6.45, 7) is 0.798. The monoisotopic (exact) mass is 381 g/mol. The van der Waals surface area contributed by atoms with Gasteiger partial charge in [0.2, 0.25) is 5.89 Å². The van der Waals surface area contributed by atoms with Gasteiger partial charge in [-0.15, -0.1) is 10.2 Å². The molecular weight excluding hydrogens is 362 g/mol. The summed E-state index contributed by atoms with van der Waals surface area (Å²) in [5, 5.41) is 7.89. The summed E-state index contributed by atoms with van der Waals surface area (Å²) in [7, 11) is 0. The van der Waals surface area contributed by atoms with Gasteiger partial charge < -0.3 is 18.5 Å². The second kappa shape index (κ2) is 8.08. The molecule has 8 nitrogen and oxygen atoms in total. The molecule has 0 saturated carbocycles. The highest BCUT2D eigenvalue weighted by atomic mass is 16.5. The number of likely N-dealkylation sites (tertiary alicyclic amines) is 1. The Balaban J connectivity index is 1.32. The van der Waals surface area contributed by atoms with Crippen LogP contribution in [0.4, 0.5) is 0 Å². The summed E-state index contributed by atoms with van der Waals surface area (Å²) in [5.41, 5.74) is 0.798. The van der Waals surface area contributed by atoms with Gasteiger partial charge in [0.1, 0.15) is 0 Å². The van der Waals surface area contributed by atoms with Crippen LogP contribution in [0.1, 0.15) is 29.3 Å². The molecule has 0 unspecified atom stereocenters. The molecule has 1 aliphatic rings. The van der Waals surface area contributed by atoms with Gasteiger partial charge in [0, 0.05) is 18.7 Å². The molecule has 2 aromatic heterocycles. The molecular formula is C20H19N3O5. The number of carbonyl (C=O) groups is 2. The van der Waals surface area contributed by atoms with Crippen molar-refractivity contribution in [2.75, 3.05) is 13.1 Å². The molecule has 1 aliphatic heterocycles. The van der Waals surface area contributed by atoms with Gasteiger partial charge in [-0.1, -0.05) is 18.2 Å². The normalized spacial score (nSPS) is 16.7. The van der Waals surface area contributed by atoms with Gasteiger partial charge >= 0.3 is 5.97 Å². The molecule has 3 heterocycles. The van der Waals surface area contributed by atoms with Gasteiger partial charge in [0.15, 0.2) is 12.4 Å². The molecule has 4 rings (SSSR count). The van der Waals surface area contributed by atoms with E-state index in [1.165, 1.54) is 6.26 Å². The third kappa shape index (κ3) is 3.95. The highest BCUT2D eigenvalue weighted by molar-refractivity contribution is 5.91. The first-order chi connectivity index (χ1) is 13.7. The van der Waals surface area contributed by atoms with E-state index in [4.69, 9.17) is 13.6 Å². The number of piperidine rings is 1. The third-order valence-corrected chi connectivity index (χ3v) is 4.60. The topological polar surface area (TPSA) is 98.7 Å². The van der Waals surface area contributed by atoms with E-state index in [0.717, 1.165) is 12.0 Å². The maximum absolute atomic E-state index is 12.4. The van der Waals surface area contributed by atoms with Crippen LogP contribution in [-0.4, -0.2) is 40.1 Å². The predicted octanol–water partition coefficient (Wildman–Crippen LogP) is 2.93. The molecule has 0 bridgehead atoms. The van der Waals surface area contributed by atoms with Crippen LogP contribution in [0.25, 0.3) is 11.5 Å². The summed E-state index contributed by atoms with van der Waals surface area (Å²) >= 11 is 0. The molecule has 0 aliphatic carbocycles. The fraction of sp³-hybridized carbons (Fsp3) is 0.300. The minimum atomic E-state index is -0.385. The van der Waals surface area contributed by atoms with Crippen molar-refractivity contribution in [2.24, 2.45) is 5.92 Å². The number of ether oxygens (including phenoxy) is 1. The first kappa shape index (κ1) is 18.0. The van der Waals surface area contributed by atoms with Gasteiger partial charge in [0.25, 0.3) is 11.8 Å². The van der Waals surface area contributed by atoms with Gasteiger partial charge in [-0.05, 0) is 37.1 Å². The zero-order valence-electron chi connectivity index (χ0n) is 15.1. The molecule has 0 spiro atoms. The summed E-state index contributed by atoms with van der Waals surface area (Å²) in [6, 6.07) is 12.6. The lowest BCUT2D eigenvalue weighted by atomic mass is 9.98. The van der Waals surface area contributed by atoms with Crippen LogP contribution in [-0.2, 0) is 16.1 Å². The number of hydrogen-bond donors (Lipinski definition) is 0. The van der Waals surface area contributed by atoms with E-state index in [9.17, 15) is 9.59 Å². The molecule has 3 aromatic rings. The molecule has 1 amide bonds. The van der Waals surface area contributed by atoms with E-state index in [2.05, 4.69) is 10.2 Å². The van der Waals surface area contributed by atoms with Gasteiger partial charge in [-0.3, -0.25) is 9.59 Å². The van der Waals surface area contributed by atoms with Crippen LogP contribution in [0, 0.1) is 5.92 Å². The second-order valence-electron chi connectivity index (χ2n) is 6.54. The highest BCUT2D eigenvalue weighted by Crippen LogP contribution is 2.21. The number of carbonyl (C=O) groups excluding carboxylic acids is 2. The van der Waals surface area contributed by atoms with Crippen molar-refractivity contribution in [3.63, 3.8) is 0 Å². The van der Waals surface area contributed by atoms with Gasteiger partial charge in [0.05, 0.1) is 12.2 Å². The lowest BCUT2D eigenvalue weighted by Crippen LogP contribution is -2.42. The maximum atomic E-state index is 12.4. The average molecular weight is 381 g/mol. The number of benzene rings is 1. The van der Waals surface area contributed by atoms with Crippen molar-refractivity contribution in [1.82, 2.24) is 15.1 Å². The highest BCUT2D eigenvalue weighted by Gasteiger charge is 2.31. The zero-order chi connectivity index (χ0) is 19.3. The number of furan rings is 1. The molecule has 1 fully saturated rings. The summed E-state index contributed by atoms with van der Waals surface area (Å²) in [6.07, 6.45) is 2.85. The number of aromatic nitrogens is 2. The Morgan fingerprint density at radius 3 is 2.79 bits per heavy atom. The van der Waals surface area contributed by atoms with E-state index >= 15 is 0 Å². The van der Waals surface area contributed by atoms with Crippen LogP contribution < -0.4 is 0 Å². The predicted molar refractivity (Wildman–Crippen MR) is 96.9 cm³/mol. The van der Waals surface area contributed by atoms with E-state index in [0.29, 0.717) is 25.4 Å². The smallest absolute Gasteiger partial charge is 0.311 e. The minimum Gasteiger partial charge on any atom is -0.459 e. The summed E-state index contributed by atoms with van der Waals surface area (Å²) in [5.74, 6) is -0.105. The average Bonchev–Trinajstić information content (AvgIpc) is 3.44. The molecule has 1 aromatic carbocycles. The number of esters is 1. The Kier molecular flexibility index (Phi) is 5.18. The maximum Gasteiger partial charge on any atom is 0.311 e. The van der Waals surface area contributed by atoms with Crippen molar-refractivity contribution in [1.29, 1.82) is 0 Å². The molecule has 144 valence electrons. The van der Waals surface area contributed by atoms with Crippen molar-refractivity contribution >= 4 is 11.9 Å². The molecule has 8 heteroatoms.